The highest BCUT2D eigenvalue weighted by Gasteiger charge is 2.13. The lowest BCUT2D eigenvalue weighted by atomic mass is 9.96. The van der Waals surface area contributed by atoms with Crippen molar-refractivity contribution in [2.45, 2.75) is 25.7 Å². The second-order valence-electron chi connectivity index (χ2n) is 5.72. The number of hydrogen-bond acceptors (Lipinski definition) is 4. The Labute approximate surface area is 143 Å². The van der Waals surface area contributed by atoms with E-state index in [1.54, 1.807) is 14.2 Å². The van der Waals surface area contributed by atoms with E-state index in [-0.39, 0.29) is 13.2 Å². The topological polar surface area (TPSA) is 58.9 Å². The molecule has 4 nitrogen and oxygen atoms in total. The van der Waals surface area contributed by atoms with Crippen LogP contribution in [0, 0.1) is 0 Å². The van der Waals surface area contributed by atoms with Gasteiger partial charge in [-0.1, -0.05) is 12.1 Å². The monoisotopic (exact) mass is 330 g/mol. The zero-order valence-corrected chi connectivity index (χ0v) is 14.4. The Morgan fingerprint density at radius 3 is 1.46 bits per heavy atom. The van der Waals surface area contributed by atoms with Crippen molar-refractivity contribution in [3.63, 3.8) is 0 Å². The van der Waals surface area contributed by atoms with Crippen LogP contribution in [0.5, 0.6) is 11.5 Å². The number of aliphatic hydroxyl groups excluding tert-OH is 2. The molecule has 24 heavy (non-hydrogen) atoms. The maximum absolute atomic E-state index is 9.05. The summed E-state index contributed by atoms with van der Waals surface area (Å²) in [5.41, 5.74) is 4.27. The Balaban J connectivity index is 2.47. The molecule has 0 spiro atoms. The Morgan fingerprint density at radius 1 is 0.708 bits per heavy atom. The van der Waals surface area contributed by atoms with E-state index >= 15 is 0 Å². The van der Waals surface area contributed by atoms with Gasteiger partial charge in [0.1, 0.15) is 11.5 Å². The van der Waals surface area contributed by atoms with Crippen molar-refractivity contribution >= 4 is 0 Å². The first-order valence-electron chi connectivity index (χ1n) is 8.29. The van der Waals surface area contributed by atoms with E-state index in [2.05, 4.69) is 12.1 Å². The number of ether oxygens (including phenoxy) is 2. The second kappa shape index (κ2) is 9.30. The van der Waals surface area contributed by atoms with Gasteiger partial charge in [0.25, 0.3) is 0 Å². The second-order valence-corrected chi connectivity index (χ2v) is 5.72. The molecular weight excluding hydrogens is 304 g/mol. The molecule has 2 aromatic rings. The third-order valence-electron chi connectivity index (χ3n) is 4.07. The molecule has 4 heteroatoms. The fourth-order valence-electron chi connectivity index (χ4n) is 2.81. The van der Waals surface area contributed by atoms with Crippen LogP contribution in [0.15, 0.2) is 36.4 Å². The van der Waals surface area contributed by atoms with E-state index in [1.165, 1.54) is 0 Å². The molecule has 0 bridgehead atoms. The lowest BCUT2D eigenvalue weighted by Gasteiger charge is -2.15. The lowest BCUT2D eigenvalue weighted by Crippen LogP contribution is -1.97. The molecule has 0 saturated heterocycles. The van der Waals surface area contributed by atoms with Gasteiger partial charge in [-0.05, 0) is 61.1 Å². The van der Waals surface area contributed by atoms with Crippen LogP contribution in [0.4, 0.5) is 0 Å². The van der Waals surface area contributed by atoms with Crippen LogP contribution >= 0.6 is 0 Å². The summed E-state index contributed by atoms with van der Waals surface area (Å²) in [5.74, 6) is 1.58. The van der Waals surface area contributed by atoms with E-state index in [4.69, 9.17) is 19.7 Å². The molecule has 130 valence electrons. The molecule has 0 amide bonds. The summed E-state index contributed by atoms with van der Waals surface area (Å²) in [5, 5.41) is 18.1. The van der Waals surface area contributed by atoms with E-state index < -0.39 is 0 Å². The number of aliphatic hydroxyl groups is 2. The highest BCUT2D eigenvalue weighted by atomic mass is 16.5. The van der Waals surface area contributed by atoms with Crippen LogP contribution in [0.3, 0.4) is 0 Å². The average molecular weight is 330 g/mol. The molecule has 0 aromatic heterocycles. The fourth-order valence-corrected chi connectivity index (χ4v) is 2.81. The Hall–Kier alpha value is -2.04. The van der Waals surface area contributed by atoms with Gasteiger partial charge in [-0.15, -0.1) is 0 Å². The van der Waals surface area contributed by atoms with Crippen LogP contribution in [0.2, 0.25) is 0 Å². The number of methoxy groups -OCH3 is 2. The van der Waals surface area contributed by atoms with E-state index in [0.29, 0.717) is 0 Å². The van der Waals surface area contributed by atoms with Crippen LogP contribution in [-0.2, 0) is 12.8 Å². The van der Waals surface area contributed by atoms with Crippen molar-refractivity contribution in [3.8, 4) is 22.6 Å². The minimum absolute atomic E-state index is 0.182. The summed E-state index contributed by atoms with van der Waals surface area (Å²) in [6.45, 7) is 0.364. The molecule has 0 fully saturated rings. The smallest absolute Gasteiger partial charge is 0.126 e. The summed E-state index contributed by atoms with van der Waals surface area (Å²) in [4.78, 5) is 0. The van der Waals surface area contributed by atoms with Gasteiger partial charge in [0.2, 0.25) is 0 Å². The van der Waals surface area contributed by atoms with Crippen molar-refractivity contribution in [1.29, 1.82) is 0 Å². The standard InChI is InChI=1S/C20H26O4/c1-23-19-9-7-15(5-3-11-21)13-17(19)18-14-16(6-4-12-22)8-10-20(18)24-2/h7-10,13-14,21-22H,3-6,11-12H2,1-2H3. The minimum Gasteiger partial charge on any atom is -0.496 e. The van der Waals surface area contributed by atoms with Crippen molar-refractivity contribution in [2.24, 2.45) is 0 Å². The Bertz CT molecular complexity index is 595. The highest BCUT2D eigenvalue weighted by Crippen LogP contribution is 2.38. The number of benzene rings is 2. The molecule has 2 N–H and O–H groups in total. The Kier molecular flexibility index (Phi) is 7.09. The molecular formula is C20H26O4. The van der Waals surface area contributed by atoms with Crippen LogP contribution in [0.25, 0.3) is 11.1 Å². The van der Waals surface area contributed by atoms with E-state index in [1.807, 2.05) is 24.3 Å². The molecule has 0 saturated carbocycles. The van der Waals surface area contributed by atoms with Gasteiger partial charge in [0, 0.05) is 24.3 Å². The maximum atomic E-state index is 9.05. The summed E-state index contributed by atoms with van der Waals surface area (Å²) in [6, 6.07) is 12.2. The van der Waals surface area contributed by atoms with Crippen molar-refractivity contribution in [1.82, 2.24) is 0 Å². The molecule has 0 aliphatic heterocycles. The van der Waals surface area contributed by atoms with Crippen molar-refractivity contribution < 1.29 is 19.7 Å². The van der Waals surface area contributed by atoms with Gasteiger partial charge < -0.3 is 19.7 Å². The van der Waals surface area contributed by atoms with Gasteiger partial charge in [-0.3, -0.25) is 0 Å². The molecule has 0 heterocycles. The Morgan fingerprint density at radius 2 is 1.12 bits per heavy atom. The van der Waals surface area contributed by atoms with Crippen LogP contribution < -0.4 is 9.47 Å². The summed E-state index contributed by atoms with van der Waals surface area (Å²) in [6.07, 6.45) is 3.11. The molecule has 2 rings (SSSR count). The third kappa shape index (κ3) is 4.49. The molecule has 0 unspecified atom stereocenters. The first kappa shape index (κ1) is 18.3. The minimum atomic E-state index is 0.182. The first-order valence-corrected chi connectivity index (χ1v) is 8.29. The predicted octanol–water partition coefficient (Wildman–Crippen LogP) is 3.22. The highest BCUT2D eigenvalue weighted by molar-refractivity contribution is 5.77. The third-order valence-corrected chi connectivity index (χ3v) is 4.07. The van der Waals surface area contributed by atoms with Gasteiger partial charge >= 0.3 is 0 Å². The predicted molar refractivity (Wildman–Crippen MR) is 95.8 cm³/mol. The largest absolute Gasteiger partial charge is 0.496 e. The van der Waals surface area contributed by atoms with Crippen LogP contribution in [0.1, 0.15) is 24.0 Å². The van der Waals surface area contributed by atoms with Crippen LogP contribution in [-0.4, -0.2) is 37.6 Å². The average Bonchev–Trinajstić information content (AvgIpc) is 2.64. The maximum Gasteiger partial charge on any atom is 0.126 e. The summed E-state index contributed by atoms with van der Waals surface area (Å²) < 4.78 is 11.1. The van der Waals surface area contributed by atoms with Gasteiger partial charge in [0.15, 0.2) is 0 Å². The van der Waals surface area contributed by atoms with Gasteiger partial charge in [-0.25, -0.2) is 0 Å². The molecule has 0 atom stereocenters. The zero-order chi connectivity index (χ0) is 17.4. The summed E-state index contributed by atoms with van der Waals surface area (Å²) >= 11 is 0. The molecule has 0 aliphatic carbocycles. The quantitative estimate of drug-likeness (QED) is 0.741. The van der Waals surface area contributed by atoms with E-state index in [0.717, 1.165) is 59.4 Å². The molecule has 0 aliphatic rings. The number of aryl methyl sites for hydroxylation is 2. The fraction of sp³-hybridized carbons (Fsp3) is 0.400. The summed E-state index contributed by atoms with van der Waals surface area (Å²) in [7, 11) is 3.32. The van der Waals surface area contributed by atoms with E-state index in [9.17, 15) is 0 Å². The SMILES string of the molecule is COc1ccc(CCCO)cc1-c1cc(CCCO)ccc1OC. The van der Waals surface area contributed by atoms with Crippen molar-refractivity contribution in [2.75, 3.05) is 27.4 Å². The molecule has 0 radical (unpaired) electrons. The first-order chi connectivity index (χ1) is 11.7. The lowest BCUT2D eigenvalue weighted by molar-refractivity contribution is 0.288. The molecule has 2 aromatic carbocycles. The van der Waals surface area contributed by atoms with Gasteiger partial charge in [-0.2, -0.15) is 0 Å². The normalized spacial score (nSPS) is 10.7. The van der Waals surface area contributed by atoms with Crippen molar-refractivity contribution in [3.05, 3.63) is 47.5 Å². The number of hydrogen-bond donors (Lipinski definition) is 2. The number of rotatable bonds is 9. The zero-order valence-electron chi connectivity index (χ0n) is 14.4. The van der Waals surface area contributed by atoms with Gasteiger partial charge in [0.05, 0.1) is 14.2 Å².